The Hall–Kier alpha value is -2.66. The molecule has 25 heavy (non-hydrogen) atoms. The highest BCUT2D eigenvalue weighted by atomic mass is 16.5. The Bertz CT molecular complexity index is 738. The van der Waals surface area contributed by atoms with Gasteiger partial charge in [-0.05, 0) is 42.5 Å². The molecule has 0 unspecified atom stereocenters. The predicted molar refractivity (Wildman–Crippen MR) is 93.6 cm³/mol. The molecule has 0 saturated carbocycles. The second-order valence-corrected chi connectivity index (χ2v) is 6.29. The normalized spacial score (nSPS) is 17.8. The first-order valence-electron chi connectivity index (χ1n) is 8.40. The summed E-state index contributed by atoms with van der Waals surface area (Å²) in [5, 5.41) is 12.2. The standard InChI is InChI=1S/C20H21NO4/c22-19(16-7-4-8-17(12-16)20(23)24)21-18(11-14-9-10-25-13-14)15-5-2-1-3-6-15/h1-8,12,14,18H,9-11,13H2,(H,21,22)(H,23,24)/t14-,18+/m0/s1. The van der Waals surface area contributed by atoms with Crippen molar-refractivity contribution < 1.29 is 19.4 Å². The van der Waals surface area contributed by atoms with Gasteiger partial charge in [0.15, 0.2) is 0 Å². The summed E-state index contributed by atoms with van der Waals surface area (Å²) in [5.41, 5.74) is 1.49. The molecule has 0 aliphatic carbocycles. The van der Waals surface area contributed by atoms with Crippen LogP contribution in [-0.2, 0) is 4.74 Å². The molecule has 1 aliphatic rings. The lowest BCUT2D eigenvalue weighted by molar-refractivity contribution is 0.0697. The first-order valence-corrected chi connectivity index (χ1v) is 8.40. The largest absolute Gasteiger partial charge is 0.478 e. The van der Waals surface area contributed by atoms with Crippen molar-refractivity contribution in [2.24, 2.45) is 5.92 Å². The molecule has 3 rings (SSSR count). The van der Waals surface area contributed by atoms with Gasteiger partial charge < -0.3 is 15.2 Å². The van der Waals surface area contributed by atoms with Gasteiger partial charge in [0.05, 0.1) is 11.6 Å². The summed E-state index contributed by atoms with van der Waals surface area (Å²) in [6, 6.07) is 15.8. The van der Waals surface area contributed by atoms with E-state index in [2.05, 4.69) is 5.32 Å². The van der Waals surface area contributed by atoms with Crippen LogP contribution in [0.1, 0.15) is 45.2 Å². The zero-order valence-corrected chi connectivity index (χ0v) is 13.9. The van der Waals surface area contributed by atoms with Crippen molar-refractivity contribution in [2.75, 3.05) is 13.2 Å². The number of hydrogen-bond donors (Lipinski definition) is 2. The number of ether oxygens (including phenoxy) is 1. The van der Waals surface area contributed by atoms with Gasteiger partial charge in [-0.3, -0.25) is 4.79 Å². The minimum absolute atomic E-state index is 0.105. The van der Waals surface area contributed by atoms with Crippen LogP contribution < -0.4 is 5.32 Å². The first-order chi connectivity index (χ1) is 12.1. The zero-order chi connectivity index (χ0) is 17.6. The van der Waals surface area contributed by atoms with Crippen LogP contribution in [0, 0.1) is 5.92 Å². The molecule has 0 radical (unpaired) electrons. The highest BCUT2D eigenvalue weighted by Crippen LogP contribution is 2.27. The fraction of sp³-hybridized carbons (Fsp3) is 0.300. The van der Waals surface area contributed by atoms with E-state index in [1.807, 2.05) is 30.3 Å². The van der Waals surface area contributed by atoms with Gasteiger partial charge >= 0.3 is 5.97 Å². The van der Waals surface area contributed by atoms with E-state index in [9.17, 15) is 9.59 Å². The Morgan fingerprint density at radius 2 is 1.88 bits per heavy atom. The molecule has 0 spiro atoms. The highest BCUT2D eigenvalue weighted by molar-refractivity contribution is 5.97. The fourth-order valence-electron chi connectivity index (χ4n) is 3.10. The third kappa shape index (κ3) is 4.45. The molecule has 1 saturated heterocycles. The van der Waals surface area contributed by atoms with Gasteiger partial charge in [0.2, 0.25) is 0 Å². The molecular formula is C20H21NO4. The smallest absolute Gasteiger partial charge is 0.335 e. The Balaban J connectivity index is 1.78. The number of hydrogen-bond acceptors (Lipinski definition) is 3. The molecule has 1 amide bonds. The van der Waals surface area contributed by atoms with Crippen LogP contribution in [0.3, 0.4) is 0 Å². The van der Waals surface area contributed by atoms with E-state index < -0.39 is 5.97 Å². The van der Waals surface area contributed by atoms with Gasteiger partial charge in [-0.1, -0.05) is 36.4 Å². The van der Waals surface area contributed by atoms with Gasteiger partial charge in [0.25, 0.3) is 5.91 Å². The van der Waals surface area contributed by atoms with E-state index in [-0.39, 0.29) is 17.5 Å². The Kier molecular flexibility index (Phi) is 5.46. The summed E-state index contributed by atoms with van der Waals surface area (Å²) in [5.74, 6) is -0.899. The number of aromatic carboxylic acids is 1. The quantitative estimate of drug-likeness (QED) is 0.847. The summed E-state index contributed by atoms with van der Waals surface area (Å²) >= 11 is 0. The number of carboxylic acids is 1. The van der Waals surface area contributed by atoms with E-state index >= 15 is 0 Å². The van der Waals surface area contributed by atoms with Crippen LogP contribution in [0.15, 0.2) is 54.6 Å². The molecule has 130 valence electrons. The molecule has 5 heteroatoms. The van der Waals surface area contributed by atoms with E-state index in [0.717, 1.165) is 25.0 Å². The number of amides is 1. The number of benzene rings is 2. The summed E-state index contributed by atoms with van der Waals surface area (Å²) in [4.78, 5) is 23.7. The topological polar surface area (TPSA) is 75.6 Å². The average Bonchev–Trinajstić information content (AvgIpc) is 3.15. The Morgan fingerprint density at radius 1 is 1.12 bits per heavy atom. The Morgan fingerprint density at radius 3 is 2.56 bits per heavy atom. The molecule has 5 nitrogen and oxygen atoms in total. The van der Waals surface area contributed by atoms with E-state index in [0.29, 0.717) is 18.1 Å². The number of rotatable bonds is 6. The minimum atomic E-state index is -1.04. The van der Waals surface area contributed by atoms with Crippen LogP contribution in [0.4, 0.5) is 0 Å². The summed E-state index contributed by atoms with van der Waals surface area (Å²) in [6.45, 7) is 1.48. The maximum absolute atomic E-state index is 12.6. The molecular weight excluding hydrogens is 318 g/mol. The van der Waals surface area contributed by atoms with E-state index in [1.54, 1.807) is 12.1 Å². The summed E-state index contributed by atoms with van der Waals surface area (Å²) in [6.07, 6.45) is 1.79. The fourth-order valence-corrected chi connectivity index (χ4v) is 3.10. The third-order valence-corrected chi connectivity index (χ3v) is 4.47. The molecule has 2 N–H and O–H groups in total. The predicted octanol–water partition coefficient (Wildman–Crippen LogP) is 3.28. The molecule has 2 aromatic rings. The molecule has 1 fully saturated rings. The van der Waals surface area contributed by atoms with Gasteiger partial charge in [-0.2, -0.15) is 0 Å². The first kappa shape index (κ1) is 17.2. The molecule has 2 atom stereocenters. The van der Waals surface area contributed by atoms with Crippen molar-refractivity contribution in [1.82, 2.24) is 5.32 Å². The maximum Gasteiger partial charge on any atom is 0.335 e. The second kappa shape index (κ2) is 7.94. The molecule has 1 aliphatic heterocycles. The van der Waals surface area contributed by atoms with Crippen LogP contribution in [0.2, 0.25) is 0 Å². The zero-order valence-electron chi connectivity index (χ0n) is 13.9. The van der Waals surface area contributed by atoms with Gasteiger partial charge in [0.1, 0.15) is 0 Å². The van der Waals surface area contributed by atoms with Gasteiger partial charge in [0, 0.05) is 18.8 Å². The Labute approximate surface area is 146 Å². The highest BCUT2D eigenvalue weighted by Gasteiger charge is 2.23. The van der Waals surface area contributed by atoms with Crippen LogP contribution in [0.5, 0.6) is 0 Å². The number of nitrogens with one attached hydrogen (secondary N) is 1. The summed E-state index contributed by atoms with van der Waals surface area (Å²) in [7, 11) is 0. The number of carbonyl (C=O) groups is 2. The maximum atomic E-state index is 12.6. The summed E-state index contributed by atoms with van der Waals surface area (Å²) < 4.78 is 5.45. The van der Waals surface area contributed by atoms with E-state index in [4.69, 9.17) is 9.84 Å². The minimum Gasteiger partial charge on any atom is -0.478 e. The van der Waals surface area contributed by atoms with E-state index in [1.165, 1.54) is 12.1 Å². The SMILES string of the molecule is O=C(O)c1cccc(C(=O)N[C@H](C[C@@H]2CCOC2)c2ccccc2)c1. The van der Waals surface area contributed by atoms with Crippen molar-refractivity contribution in [3.05, 3.63) is 71.3 Å². The van der Waals surface area contributed by atoms with Crippen LogP contribution >= 0.6 is 0 Å². The third-order valence-electron chi connectivity index (χ3n) is 4.47. The lowest BCUT2D eigenvalue weighted by Crippen LogP contribution is -2.30. The number of carbonyl (C=O) groups excluding carboxylic acids is 1. The molecule has 0 aromatic heterocycles. The van der Waals surface area contributed by atoms with Crippen molar-refractivity contribution in [2.45, 2.75) is 18.9 Å². The second-order valence-electron chi connectivity index (χ2n) is 6.29. The number of carboxylic acid groups (broad SMARTS) is 1. The lowest BCUT2D eigenvalue weighted by Gasteiger charge is -2.22. The van der Waals surface area contributed by atoms with Gasteiger partial charge in [-0.25, -0.2) is 4.79 Å². The average molecular weight is 339 g/mol. The molecule has 0 bridgehead atoms. The molecule has 1 heterocycles. The molecule has 2 aromatic carbocycles. The van der Waals surface area contributed by atoms with Crippen LogP contribution in [0.25, 0.3) is 0 Å². The van der Waals surface area contributed by atoms with Crippen molar-refractivity contribution in [3.8, 4) is 0 Å². The van der Waals surface area contributed by atoms with Crippen molar-refractivity contribution in [1.29, 1.82) is 0 Å². The van der Waals surface area contributed by atoms with Crippen molar-refractivity contribution in [3.63, 3.8) is 0 Å². The lowest BCUT2D eigenvalue weighted by atomic mass is 9.94. The van der Waals surface area contributed by atoms with Crippen LogP contribution in [-0.4, -0.2) is 30.2 Å². The van der Waals surface area contributed by atoms with Crippen molar-refractivity contribution >= 4 is 11.9 Å². The van der Waals surface area contributed by atoms with Gasteiger partial charge in [-0.15, -0.1) is 0 Å². The monoisotopic (exact) mass is 339 g/mol.